The molecule has 0 unspecified atom stereocenters. The predicted octanol–water partition coefficient (Wildman–Crippen LogP) is 2.06. The topological polar surface area (TPSA) is 112 Å². The van der Waals surface area contributed by atoms with Crippen LogP contribution in [-0.2, 0) is 5.60 Å². The van der Waals surface area contributed by atoms with Crippen LogP contribution in [0.25, 0.3) is 5.32 Å². The minimum atomic E-state index is -0.971. The molecule has 1 saturated carbocycles. The first kappa shape index (κ1) is 26.3. The maximum Gasteiger partial charge on any atom is 1.00 e. The molecule has 29 heavy (non-hydrogen) atoms. The van der Waals surface area contributed by atoms with Crippen molar-refractivity contribution in [1.82, 2.24) is 15.2 Å². The van der Waals surface area contributed by atoms with E-state index in [4.69, 9.17) is 5.41 Å². The molecule has 0 radical (unpaired) electrons. The van der Waals surface area contributed by atoms with Crippen molar-refractivity contribution in [1.29, 1.82) is 5.41 Å². The zero-order valence-electron chi connectivity index (χ0n) is 18.5. The summed E-state index contributed by atoms with van der Waals surface area (Å²) < 4.78 is 0. The van der Waals surface area contributed by atoms with Gasteiger partial charge in [0.25, 0.3) is 0 Å². The molecule has 154 valence electrons. The summed E-state index contributed by atoms with van der Waals surface area (Å²) in [6, 6.07) is 3.60. The number of aliphatic hydroxyl groups is 1. The first-order chi connectivity index (χ1) is 12.8. The number of rotatable bonds is 5. The first-order valence-corrected chi connectivity index (χ1v) is 9.41. The van der Waals surface area contributed by atoms with Crippen molar-refractivity contribution < 1.29 is 56.5 Å². The number of aromatic nitrogens is 3. The summed E-state index contributed by atoms with van der Waals surface area (Å²) in [6.45, 7) is 6.79. The average Bonchev–Trinajstić information content (AvgIpc) is 3.13. The molecule has 0 atom stereocenters. The van der Waals surface area contributed by atoms with Crippen LogP contribution in [0.3, 0.4) is 0 Å². The number of H-pyrrole nitrogens is 1. The Balaban J connectivity index is 0.00000210. The molecule has 0 aromatic carbocycles. The third-order valence-electron chi connectivity index (χ3n) is 5.71. The number of hydrogen-bond donors (Lipinski definition) is 4. The third kappa shape index (κ3) is 5.89. The van der Waals surface area contributed by atoms with Gasteiger partial charge in [-0.3, -0.25) is 5.10 Å². The Hall–Kier alpha value is -0.774. The largest absolute Gasteiger partial charge is 1.00 e. The number of hydrogen-bond acceptors (Lipinski definition) is 5. The second-order valence-corrected chi connectivity index (χ2v) is 8.43. The van der Waals surface area contributed by atoms with Crippen LogP contribution in [0.15, 0.2) is 18.3 Å². The molecular formula is C21H32KN6O-. The van der Waals surface area contributed by atoms with Crippen molar-refractivity contribution in [3.05, 3.63) is 42.2 Å². The Labute approximate surface area is 216 Å². The fraction of sp³-hybridized carbons (Fsp3) is 0.524. The standard InChI is InChI=1S/C20H29N6O.CH3.K/c1-19(2,3)13-5-8-20(27,9-6-13)15-11-17(22-4)25-18(14(15)12-21)24-16-7-10-23-26-16;;/h7,10-13,21,27H,5-6,8-9H2,1-4H3,(H2-,22,23,24,25,26);1H3;/q2*-1;+1. The molecule has 2 aromatic heterocycles. The average molecular weight is 424 g/mol. The number of nitrogens with one attached hydrogen (secondary N) is 3. The maximum atomic E-state index is 11.5. The molecule has 8 heteroatoms. The van der Waals surface area contributed by atoms with Gasteiger partial charge in [0.1, 0.15) is 5.82 Å². The van der Waals surface area contributed by atoms with E-state index in [-0.39, 0.29) is 64.2 Å². The normalized spacial score (nSPS) is 21.5. The molecule has 3 rings (SSSR count). The minimum absolute atomic E-state index is 0. The molecule has 1 fully saturated rings. The van der Waals surface area contributed by atoms with Crippen LogP contribution >= 0.6 is 0 Å². The van der Waals surface area contributed by atoms with E-state index in [0.717, 1.165) is 18.4 Å². The Morgan fingerprint density at radius 3 is 2.48 bits per heavy atom. The van der Waals surface area contributed by atoms with Gasteiger partial charge in [0.05, 0.1) is 11.8 Å². The van der Waals surface area contributed by atoms with E-state index in [1.807, 2.05) is 6.07 Å². The first-order valence-electron chi connectivity index (χ1n) is 9.41. The Morgan fingerprint density at radius 1 is 1.34 bits per heavy atom. The van der Waals surface area contributed by atoms with E-state index in [1.54, 1.807) is 19.3 Å². The van der Waals surface area contributed by atoms with Crippen LogP contribution in [0.5, 0.6) is 0 Å². The summed E-state index contributed by atoms with van der Waals surface area (Å²) in [5.74, 6) is 2.29. The van der Waals surface area contributed by atoms with Crippen LogP contribution in [0, 0.1) is 24.2 Å². The van der Waals surface area contributed by atoms with Crippen molar-refractivity contribution in [3.8, 4) is 0 Å². The van der Waals surface area contributed by atoms with Gasteiger partial charge >= 0.3 is 51.4 Å². The van der Waals surface area contributed by atoms with Gasteiger partial charge in [-0.15, -0.1) is 0 Å². The van der Waals surface area contributed by atoms with Gasteiger partial charge in [0.15, 0.2) is 0 Å². The van der Waals surface area contributed by atoms with Crippen LogP contribution in [0.4, 0.5) is 17.5 Å². The van der Waals surface area contributed by atoms with E-state index in [9.17, 15) is 5.11 Å². The smallest absolute Gasteiger partial charge is 0.469 e. The Bertz CT molecular complexity index is 792. The minimum Gasteiger partial charge on any atom is -0.469 e. The predicted molar refractivity (Wildman–Crippen MR) is 115 cm³/mol. The van der Waals surface area contributed by atoms with Crippen molar-refractivity contribution >= 4 is 23.7 Å². The summed E-state index contributed by atoms with van der Waals surface area (Å²) in [5.41, 5.74) is 0.582. The molecule has 4 N–H and O–H groups in total. The van der Waals surface area contributed by atoms with E-state index >= 15 is 0 Å². The SMILES string of the molecule is C[N-]c1cc(C2(O)CCC(C(C)(C)C)CC2)c(C=N)c(Nc2ccn[nH]2)n1.[CH3-].[K+]. The molecule has 1 aliphatic carbocycles. The number of nitrogens with zero attached hydrogens (tertiary/aromatic N) is 3. The quantitative estimate of drug-likeness (QED) is 0.335. The molecule has 0 aliphatic heterocycles. The second kappa shape index (κ2) is 10.5. The fourth-order valence-electron chi connectivity index (χ4n) is 3.97. The molecule has 0 spiro atoms. The number of aromatic amines is 1. The van der Waals surface area contributed by atoms with E-state index in [2.05, 4.69) is 46.6 Å². The molecule has 2 aromatic rings. The van der Waals surface area contributed by atoms with E-state index < -0.39 is 5.60 Å². The number of pyridine rings is 1. The number of anilines is 2. The van der Waals surface area contributed by atoms with Gasteiger partial charge < -0.3 is 33.6 Å². The van der Waals surface area contributed by atoms with Crippen molar-refractivity contribution in [2.24, 2.45) is 11.3 Å². The monoisotopic (exact) mass is 423 g/mol. The van der Waals surface area contributed by atoms with Gasteiger partial charge in [-0.1, -0.05) is 39.7 Å². The van der Waals surface area contributed by atoms with Gasteiger partial charge in [0, 0.05) is 23.7 Å². The zero-order valence-corrected chi connectivity index (χ0v) is 21.6. The van der Waals surface area contributed by atoms with Crippen molar-refractivity contribution in [3.63, 3.8) is 0 Å². The zero-order chi connectivity index (χ0) is 19.7. The molecule has 7 nitrogen and oxygen atoms in total. The summed E-state index contributed by atoms with van der Waals surface area (Å²) >= 11 is 0. The van der Waals surface area contributed by atoms with E-state index in [0.29, 0.717) is 41.8 Å². The molecule has 2 heterocycles. The third-order valence-corrected chi connectivity index (χ3v) is 5.71. The Kier molecular flexibility index (Phi) is 9.51. The molecule has 0 bridgehead atoms. The van der Waals surface area contributed by atoms with E-state index in [1.165, 1.54) is 6.21 Å². The van der Waals surface area contributed by atoms with Crippen LogP contribution in [0.1, 0.15) is 57.6 Å². The van der Waals surface area contributed by atoms with Crippen molar-refractivity contribution in [2.75, 3.05) is 12.4 Å². The van der Waals surface area contributed by atoms with Crippen LogP contribution in [0.2, 0.25) is 0 Å². The van der Waals surface area contributed by atoms with Crippen LogP contribution < -0.4 is 56.7 Å². The van der Waals surface area contributed by atoms with Gasteiger partial charge in [-0.05, 0) is 42.6 Å². The summed E-state index contributed by atoms with van der Waals surface area (Å²) in [4.78, 5) is 4.49. The van der Waals surface area contributed by atoms with Gasteiger partial charge in [-0.25, -0.2) is 0 Å². The Morgan fingerprint density at radius 2 is 2.00 bits per heavy atom. The summed E-state index contributed by atoms with van der Waals surface area (Å²) in [6.07, 6.45) is 6.17. The van der Waals surface area contributed by atoms with Gasteiger partial charge in [0.2, 0.25) is 0 Å². The van der Waals surface area contributed by atoms with Crippen molar-refractivity contribution in [2.45, 2.75) is 52.1 Å². The maximum absolute atomic E-state index is 11.5. The molecular weight excluding hydrogens is 391 g/mol. The molecule has 0 saturated heterocycles. The second-order valence-electron chi connectivity index (χ2n) is 8.43. The summed E-state index contributed by atoms with van der Waals surface area (Å²) in [5, 5.41) is 33.6. The van der Waals surface area contributed by atoms with Crippen LogP contribution in [-0.4, -0.2) is 33.6 Å². The molecule has 0 amide bonds. The fourth-order valence-corrected chi connectivity index (χ4v) is 3.97. The van der Waals surface area contributed by atoms with Gasteiger partial charge in [-0.2, -0.15) is 5.10 Å². The molecule has 1 aliphatic rings. The summed E-state index contributed by atoms with van der Waals surface area (Å²) in [7, 11) is 1.68.